The summed E-state index contributed by atoms with van der Waals surface area (Å²) in [5, 5.41) is 17.6. The quantitative estimate of drug-likeness (QED) is 0.236. The zero-order valence-corrected chi connectivity index (χ0v) is 17.6. The van der Waals surface area contributed by atoms with E-state index >= 15 is 0 Å². The molecule has 0 spiro atoms. The van der Waals surface area contributed by atoms with E-state index in [4.69, 9.17) is 0 Å². The van der Waals surface area contributed by atoms with Gasteiger partial charge in [-0.05, 0) is 23.1 Å². The summed E-state index contributed by atoms with van der Waals surface area (Å²) in [5.41, 5.74) is 0.978. The highest BCUT2D eigenvalue weighted by Gasteiger charge is 2.20. The minimum atomic E-state index is -0.373. The Morgan fingerprint density at radius 2 is 2.04 bits per heavy atom. The summed E-state index contributed by atoms with van der Waals surface area (Å²) in [6.07, 6.45) is 0. The van der Waals surface area contributed by atoms with E-state index in [-0.39, 0.29) is 34.6 Å². The fourth-order valence-electron chi connectivity index (χ4n) is 2.88. The van der Waals surface area contributed by atoms with E-state index in [9.17, 15) is 10.1 Å². The Labute approximate surface area is 173 Å². The second-order valence-electron chi connectivity index (χ2n) is 5.75. The van der Waals surface area contributed by atoms with Crippen LogP contribution in [0.1, 0.15) is 5.56 Å². The van der Waals surface area contributed by atoms with Crippen LogP contribution in [0.15, 0.2) is 46.8 Å². The van der Waals surface area contributed by atoms with E-state index in [2.05, 4.69) is 37.6 Å². The molecule has 0 bridgehead atoms. The monoisotopic (exact) mass is 487 g/mol. The molecule has 3 rings (SSSR count). The molecule has 0 aliphatic carbocycles. The van der Waals surface area contributed by atoms with Gasteiger partial charge in [0.15, 0.2) is 5.96 Å². The number of hydrogen-bond acceptors (Lipinski definition) is 5. The SMILES string of the molecule is CN=C(NCc1cccc([N+](=O)[O-])c1)N1CCN(c2cccs2)CC1.I. The number of nitro groups is 1. The van der Waals surface area contributed by atoms with E-state index < -0.39 is 0 Å². The van der Waals surface area contributed by atoms with Crippen LogP contribution in [0.25, 0.3) is 0 Å². The normalized spacial score (nSPS) is 14.7. The van der Waals surface area contributed by atoms with Gasteiger partial charge in [-0.3, -0.25) is 15.1 Å². The number of hydrogen-bond donors (Lipinski definition) is 1. The summed E-state index contributed by atoms with van der Waals surface area (Å²) in [4.78, 5) is 19.5. The minimum absolute atomic E-state index is 0. The van der Waals surface area contributed by atoms with E-state index in [0.717, 1.165) is 37.7 Å². The number of nitrogens with zero attached hydrogens (tertiary/aromatic N) is 4. The number of halogens is 1. The maximum absolute atomic E-state index is 10.9. The zero-order chi connectivity index (χ0) is 17.6. The molecule has 1 N–H and O–H groups in total. The van der Waals surface area contributed by atoms with Crippen LogP contribution in [0.3, 0.4) is 0 Å². The minimum Gasteiger partial charge on any atom is -0.360 e. The molecule has 140 valence electrons. The average molecular weight is 487 g/mol. The molecule has 0 unspecified atom stereocenters. The summed E-state index contributed by atoms with van der Waals surface area (Å²) in [5.74, 6) is 0.831. The molecular formula is C17H22IN5O2S. The predicted molar refractivity (Wildman–Crippen MR) is 117 cm³/mol. The molecule has 7 nitrogen and oxygen atoms in total. The van der Waals surface area contributed by atoms with Crippen molar-refractivity contribution < 1.29 is 4.92 Å². The number of benzene rings is 1. The third-order valence-corrected chi connectivity index (χ3v) is 5.11. The largest absolute Gasteiger partial charge is 0.360 e. The van der Waals surface area contributed by atoms with Crippen LogP contribution in [0, 0.1) is 10.1 Å². The summed E-state index contributed by atoms with van der Waals surface area (Å²) in [6, 6.07) is 10.9. The Morgan fingerprint density at radius 1 is 1.27 bits per heavy atom. The Hall–Kier alpha value is -1.88. The maximum Gasteiger partial charge on any atom is 0.269 e. The number of non-ortho nitro benzene ring substituents is 1. The van der Waals surface area contributed by atoms with Crippen LogP contribution >= 0.6 is 35.3 Å². The number of rotatable bonds is 4. The molecule has 2 heterocycles. The molecule has 1 aliphatic heterocycles. The lowest BCUT2D eigenvalue weighted by Gasteiger charge is -2.37. The lowest BCUT2D eigenvalue weighted by atomic mass is 10.2. The second-order valence-corrected chi connectivity index (χ2v) is 6.68. The smallest absolute Gasteiger partial charge is 0.269 e. The highest BCUT2D eigenvalue weighted by molar-refractivity contribution is 14.0. The van der Waals surface area contributed by atoms with Crippen molar-refractivity contribution in [3.63, 3.8) is 0 Å². The van der Waals surface area contributed by atoms with Crippen LogP contribution in [0.4, 0.5) is 10.7 Å². The van der Waals surface area contributed by atoms with Crippen LogP contribution < -0.4 is 10.2 Å². The molecule has 1 saturated heterocycles. The van der Waals surface area contributed by atoms with Gasteiger partial charge < -0.3 is 15.1 Å². The second kappa shape index (κ2) is 9.72. The molecule has 0 radical (unpaired) electrons. The topological polar surface area (TPSA) is 74.0 Å². The number of aliphatic imine (C=N–C) groups is 1. The van der Waals surface area contributed by atoms with Gasteiger partial charge in [-0.25, -0.2) is 0 Å². The van der Waals surface area contributed by atoms with Crippen LogP contribution in [0.5, 0.6) is 0 Å². The summed E-state index contributed by atoms with van der Waals surface area (Å²) in [7, 11) is 1.77. The van der Waals surface area contributed by atoms with Gasteiger partial charge in [-0.15, -0.1) is 35.3 Å². The van der Waals surface area contributed by atoms with Crippen molar-refractivity contribution in [2.45, 2.75) is 6.54 Å². The zero-order valence-electron chi connectivity index (χ0n) is 14.5. The van der Waals surface area contributed by atoms with Gasteiger partial charge in [0, 0.05) is 51.9 Å². The number of anilines is 1. The van der Waals surface area contributed by atoms with Crippen molar-refractivity contribution in [3.8, 4) is 0 Å². The van der Waals surface area contributed by atoms with Crippen LogP contribution in [-0.2, 0) is 6.54 Å². The van der Waals surface area contributed by atoms with Crippen molar-refractivity contribution in [1.82, 2.24) is 10.2 Å². The van der Waals surface area contributed by atoms with Gasteiger partial charge >= 0.3 is 0 Å². The Morgan fingerprint density at radius 3 is 2.65 bits per heavy atom. The Bertz CT molecular complexity index is 745. The van der Waals surface area contributed by atoms with Crippen LogP contribution in [-0.4, -0.2) is 49.0 Å². The van der Waals surface area contributed by atoms with Crippen molar-refractivity contribution in [1.29, 1.82) is 0 Å². The first-order valence-corrected chi connectivity index (χ1v) is 9.02. The molecule has 1 fully saturated rings. The number of guanidine groups is 1. The average Bonchev–Trinajstić information content (AvgIpc) is 3.18. The first-order valence-electron chi connectivity index (χ1n) is 8.15. The third-order valence-electron chi connectivity index (χ3n) is 4.18. The summed E-state index contributed by atoms with van der Waals surface area (Å²) < 4.78 is 0. The summed E-state index contributed by atoms with van der Waals surface area (Å²) in [6.45, 7) is 4.22. The summed E-state index contributed by atoms with van der Waals surface area (Å²) >= 11 is 1.76. The van der Waals surface area contributed by atoms with Crippen LogP contribution in [0.2, 0.25) is 0 Å². The molecule has 0 saturated carbocycles. The molecule has 0 amide bonds. The Balaban J connectivity index is 0.00000243. The molecule has 1 aromatic carbocycles. The third kappa shape index (κ3) is 5.07. The first kappa shape index (κ1) is 20.4. The molecule has 0 atom stereocenters. The first-order chi connectivity index (χ1) is 12.2. The van der Waals surface area contributed by atoms with Gasteiger partial charge in [0.05, 0.1) is 9.92 Å². The van der Waals surface area contributed by atoms with E-state index in [1.54, 1.807) is 30.5 Å². The molecular weight excluding hydrogens is 465 g/mol. The lowest BCUT2D eigenvalue weighted by Crippen LogP contribution is -2.52. The highest BCUT2D eigenvalue weighted by Crippen LogP contribution is 2.22. The van der Waals surface area contributed by atoms with Gasteiger partial charge in [0.2, 0.25) is 0 Å². The molecule has 1 aliphatic rings. The highest BCUT2D eigenvalue weighted by atomic mass is 127. The fourth-order valence-corrected chi connectivity index (χ4v) is 3.67. The van der Waals surface area contributed by atoms with Crippen molar-refractivity contribution >= 4 is 52.0 Å². The standard InChI is InChI=1S/C17H21N5O2S.HI/c1-18-17(19-13-14-4-2-5-15(12-14)22(23)24)21-9-7-20(8-10-21)16-6-3-11-25-16;/h2-6,11-12H,7-10,13H2,1H3,(H,18,19);1H. The van der Waals surface area contributed by atoms with Gasteiger partial charge in [-0.2, -0.15) is 0 Å². The molecule has 26 heavy (non-hydrogen) atoms. The van der Waals surface area contributed by atoms with Crippen molar-refractivity contribution in [2.75, 3.05) is 38.1 Å². The number of nitro benzene ring substituents is 1. The van der Waals surface area contributed by atoms with E-state index in [0.29, 0.717) is 6.54 Å². The fraction of sp³-hybridized carbons (Fsp3) is 0.353. The van der Waals surface area contributed by atoms with Gasteiger partial charge in [0.1, 0.15) is 0 Å². The number of piperazine rings is 1. The Kier molecular flexibility index (Phi) is 7.64. The lowest BCUT2D eigenvalue weighted by molar-refractivity contribution is -0.384. The molecule has 9 heteroatoms. The van der Waals surface area contributed by atoms with Gasteiger partial charge in [-0.1, -0.05) is 12.1 Å². The van der Waals surface area contributed by atoms with E-state index in [1.165, 1.54) is 11.1 Å². The number of thiophene rings is 1. The maximum atomic E-state index is 10.9. The molecule has 1 aromatic heterocycles. The molecule has 2 aromatic rings. The van der Waals surface area contributed by atoms with Crippen molar-refractivity contribution in [2.24, 2.45) is 4.99 Å². The van der Waals surface area contributed by atoms with Crippen molar-refractivity contribution in [3.05, 3.63) is 57.5 Å². The predicted octanol–water partition coefficient (Wildman–Crippen LogP) is 3.17. The number of nitrogens with one attached hydrogen (secondary N) is 1. The van der Waals surface area contributed by atoms with Gasteiger partial charge in [0.25, 0.3) is 5.69 Å². The van der Waals surface area contributed by atoms with E-state index in [1.807, 2.05) is 6.07 Å².